The summed E-state index contributed by atoms with van der Waals surface area (Å²) in [6, 6.07) is 12.7. The van der Waals surface area contributed by atoms with E-state index >= 15 is 0 Å². The Labute approximate surface area is 180 Å². The molecule has 2 aromatic rings. The van der Waals surface area contributed by atoms with Gasteiger partial charge in [0.15, 0.2) is 5.78 Å². The van der Waals surface area contributed by atoms with Crippen molar-refractivity contribution in [1.29, 1.82) is 0 Å². The number of rotatable bonds is 7. The minimum atomic E-state index is -0.668. The smallest absolute Gasteiger partial charge is 0.340 e. The number of nitrogens with two attached hydrogens (primary N) is 1. The van der Waals surface area contributed by atoms with E-state index in [1.165, 1.54) is 6.92 Å². The SMILES string of the molecule is CCOC(=O)CC1C(C(=O)OCC)=C(N)Oc2ccc(-c3ccc(C(C)=O)cc3)cc21. The van der Waals surface area contributed by atoms with Gasteiger partial charge in [0.05, 0.1) is 19.6 Å². The molecule has 2 aromatic carbocycles. The summed E-state index contributed by atoms with van der Waals surface area (Å²) in [5.74, 6) is -1.39. The maximum absolute atomic E-state index is 12.6. The van der Waals surface area contributed by atoms with E-state index in [1.807, 2.05) is 24.3 Å². The maximum atomic E-state index is 12.6. The van der Waals surface area contributed by atoms with Gasteiger partial charge in [-0.05, 0) is 44.0 Å². The molecule has 0 aromatic heterocycles. The lowest BCUT2D eigenvalue weighted by Crippen LogP contribution is -2.28. The maximum Gasteiger partial charge on any atom is 0.340 e. The van der Waals surface area contributed by atoms with Crippen LogP contribution in [0.3, 0.4) is 0 Å². The van der Waals surface area contributed by atoms with Crippen molar-refractivity contribution in [2.45, 2.75) is 33.1 Å². The molecule has 3 rings (SSSR count). The Morgan fingerprint density at radius 2 is 1.61 bits per heavy atom. The van der Waals surface area contributed by atoms with Gasteiger partial charge in [0.1, 0.15) is 11.3 Å². The zero-order valence-corrected chi connectivity index (χ0v) is 17.8. The predicted octanol–water partition coefficient (Wildman–Crippen LogP) is 3.72. The van der Waals surface area contributed by atoms with Gasteiger partial charge in [0.25, 0.3) is 0 Å². The van der Waals surface area contributed by atoms with Gasteiger partial charge in [0.2, 0.25) is 5.88 Å². The Bertz CT molecular complexity index is 1040. The number of benzene rings is 2. The van der Waals surface area contributed by atoms with Gasteiger partial charge in [-0.15, -0.1) is 0 Å². The van der Waals surface area contributed by atoms with Crippen LogP contribution in [0, 0.1) is 0 Å². The van der Waals surface area contributed by atoms with E-state index < -0.39 is 17.9 Å². The third-order valence-corrected chi connectivity index (χ3v) is 5.02. The number of carbonyl (C=O) groups is 3. The van der Waals surface area contributed by atoms with Gasteiger partial charge in [-0.1, -0.05) is 30.3 Å². The first-order valence-electron chi connectivity index (χ1n) is 10.1. The number of esters is 2. The Kier molecular flexibility index (Phi) is 6.74. The lowest BCUT2D eigenvalue weighted by atomic mass is 9.84. The van der Waals surface area contributed by atoms with Crippen LogP contribution >= 0.6 is 0 Å². The van der Waals surface area contributed by atoms with Crippen molar-refractivity contribution in [2.75, 3.05) is 13.2 Å². The summed E-state index contributed by atoms with van der Waals surface area (Å²) in [7, 11) is 0. The summed E-state index contributed by atoms with van der Waals surface area (Å²) >= 11 is 0. The van der Waals surface area contributed by atoms with Gasteiger partial charge >= 0.3 is 11.9 Å². The van der Waals surface area contributed by atoms with E-state index in [1.54, 1.807) is 32.0 Å². The Morgan fingerprint density at radius 3 is 2.23 bits per heavy atom. The number of ketones is 1. The molecule has 1 aliphatic heterocycles. The molecule has 31 heavy (non-hydrogen) atoms. The molecule has 0 aliphatic carbocycles. The summed E-state index contributed by atoms with van der Waals surface area (Å²) in [5, 5.41) is 0. The number of ether oxygens (including phenoxy) is 3. The zero-order valence-electron chi connectivity index (χ0n) is 17.8. The molecule has 162 valence electrons. The predicted molar refractivity (Wildman–Crippen MR) is 114 cm³/mol. The first-order valence-corrected chi connectivity index (χ1v) is 10.1. The van der Waals surface area contributed by atoms with Crippen LogP contribution in [0.2, 0.25) is 0 Å². The molecule has 1 atom stereocenters. The van der Waals surface area contributed by atoms with Crippen molar-refractivity contribution >= 4 is 17.7 Å². The van der Waals surface area contributed by atoms with Crippen LogP contribution in [0.5, 0.6) is 5.75 Å². The Morgan fingerprint density at radius 1 is 0.968 bits per heavy atom. The quantitative estimate of drug-likeness (QED) is 0.534. The summed E-state index contributed by atoms with van der Waals surface area (Å²) in [4.78, 5) is 36.4. The number of hydrogen-bond donors (Lipinski definition) is 1. The van der Waals surface area contributed by atoms with Crippen molar-refractivity contribution in [3.8, 4) is 16.9 Å². The molecule has 0 saturated heterocycles. The largest absolute Gasteiger partial charge is 0.466 e. The van der Waals surface area contributed by atoms with Crippen LogP contribution in [-0.4, -0.2) is 30.9 Å². The molecule has 1 unspecified atom stereocenters. The van der Waals surface area contributed by atoms with Crippen LogP contribution in [0.15, 0.2) is 53.9 Å². The average Bonchev–Trinajstić information content (AvgIpc) is 2.74. The van der Waals surface area contributed by atoms with Gasteiger partial charge in [-0.25, -0.2) is 4.79 Å². The minimum absolute atomic E-state index is 0.0143. The highest BCUT2D eigenvalue weighted by Gasteiger charge is 2.36. The van der Waals surface area contributed by atoms with Crippen LogP contribution in [0.1, 0.15) is 49.0 Å². The van der Waals surface area contributed by atoms with E-state index in [0.717, 1.165) is 11.1 Å². The molecular weight excluding hydrogens is 398 g/mol. The molecule has 0 bridgehead atoms. The van der Waals surface area contributed by atoms with Gasteiger partial charge < -0.3 is 19.9 Å². The fraction of sp³-hybridized carbons (Fsp3) is 0.292. The molecule has 0 fully saturated rings. The van der Waals surface area contributed by atoms with Crippen LogP contribution in [-0.2, 0) is 19.1 Å². The van der Waals surface area contributed by atoms with Crippen LogP contribution in [0.4, 0.5) is 0 Å². The monoisotopic (exact) mass is 423 g/mol. The fourth-order valence-corrected chi connectivity index (χ4v) is 3.54. The number of carbonyl (C=O) groups excluding carboxylic acids is 3. The second kappa shape index (κ2) is 9.47. The lowest BCUT2D eigenvalue weighted by molar-refractivity contribution is -0.143. The molecule has 1 aliphatic rings. The molecule has 2 N–H and O–H groups in total. The van der Waals surface area contributed by atoms with E-state index in [4.69, 9.17) is 19.9 Å². The molecule has 0 saturated carbocycles. The highest BCUT2D eigenvalue weighted by Crippen LogP contribution is 2.42. The van der Waals surface area contributed by atoms with Crippen molar-refractivity contribution in [3.05, 3.63) is 65.0 Å². The molecule has 0 amide bonds. The summed E-state index contributed by atoms with van der Waals surface area (Å²) in [6.07, 6.45) is -0.0776. The number of hydrogen-bond acceptors (Lipinski definition) is 7. The second-order valence-electron chi connectivity index (χ2n) is 7.05. The Balaban J connectivity index is 2.05. The summed E-state index contributed by atoms with van der Waals surface area (Å²) < 4.78 is 15.9. The fourth-order valence-electron chi connectivity index (χ4n) is 3.54. The van der Waals surface area contributed by atoms with E-state index in [2.05, 4.69) is 0 Å². The molecule has 0 radical (unpaired) electrons. The van der Waals surface area contributed by atoms with Gasteiger partial charge in [-0.3, -0.25) is 9.59 Å². The first-order chi connectivity index (χ1) is 14.8. The number of fused-ring (bicyclic) bond motifs is 1. The average molecular weight is 423 g/mol. The van der Waals surface area contributed by atoms with Crippen molar-refractivity contribution in [2.24, 2.45) is 5.73 Å². The van der Waals surface area contributed by atoms with E-state index in [9.17, 15) is 14.4 Å². The highest BCUT2D eigenvalue weighted by atomic mass is 16.5. The van der Waals surface area contributed by atoms with E-state index in [0.29, 0.717) is 16.9 Å². The highest BCUT2D eigenvalue weighted by molar-refractivity contribution is 5.95. The lowest BCUT2D eigenvalue weighted by Gasteiger charge is -2.28. The first kappa shape index (κ1) is 22.1. The van der Waals surface area contributed by atoms with Crippen LogP contribution in [0.25, 0.3) is 11.1 Å². The summed E-state index contributed by atoms with van der Waals surface area (Å²) in [6.45, 7) is 5.31. The van der Waals surface area contributed by atoms with Crippen LogP contribution < -0.4 is 10.5 Å². The molecule has 0 spiro atoms. The molecule has 1 heterocycles. The number of Topliss-reactive ketones (excluding diaryl/α,β-unsaturated/α-hetero) is 1. The molecule has 7 heteroatoms. The third-order valence-electron chi connectivity index (χ3n) is 5.02. The summed E-state index contributed by atoms with van der Waals surface area (Å²) in [5.41, 5.74) is 9.11. The normalized spacial score (nSPS) is 15.0. The molecule has 7 nitrogen and oxygen atoms in total. The molecular formula is C24H25NO6. The Hall–Kier alpha value is -3.61. The van der Waals surface area contributed by atoms with Gasteiger partial charge in [0, 0.05) is 17.0 Å². The van der Waals surface area contributed by atoms with Gasteiger partial charge in [-0.2, -0.15) is 0 Å². The third kappa shape index (κ3) is 4.77. The minimum Gasteiger partial charge on any atom is -0.466 e. The topological polar surface area (TPSA) is 105 Å². The van der Waals surface area contributed by atoms with E-state index in [-0.39, 0.29) is 36.9 Å². The second-order valence-corrected chi connectivity index (χ2v) is 7.05. The van der Waals surface area contributed by atoms with Crippen molar-refractivity contribution < 1.29 is 28.6 Å². The zero-order chi connectivity index (χ0) is 22.5. The van der Waals surface area contributed by atoms with Crippen molar-refractivity contribution in [3.63, 3.8) is 0 Å². The standard InChI is InChI=1S/C24H25NO6/c1-4-29-21(27)13-19-18-12-17(16-8-6-15(7-9-16)14(3)26)10-11-20(18)31-23(25)22(19)24(28)30-5-2/h6-12,19H,4-5,13,25H2,1-3H3. The van der Waals surface area contributed by atoms with Crippen molar-refractivity contribution in [1.82, 2.24) is 0 Å².